The molecule has 0 unspecified atom stereocenters. The predicted octanol–water partition coefficient (Wildman–Crippen LogP) is 1.67. The number of pyridine rings is 1. The summed E-state index contributed by atoms with van der Waals surface area (Å²) in [5.74, 6) is 0.800. The Bertz CT molecular complexity index is 960. The van der Waals surface area contributed by atoms with Gasteiger partial charge in [0.15, 0.2) is 11.6 Å². The number of aromatic nitrogens is 5. The summed E-state index contributed by atoms with van der Waals surface area (Å²) in [5, 5.41) is 24.2. The van der Waals surface area contributed by atoms with Crippen LogP contribution in [0.4, 0.5) is 0 Å². The van der Waals surface area contributed by atoms with Crippen LogP contribution in [-0.2, 0) is 6.54 Å². The van der Waals surface area contributed by atoms with Gasteiger partial charge in [0.25, 0.3) is 0 Å². The third-order valence-corrected chi connectivity index (χ3v) is 3.95. The van der Waals surface area contributed by atoms with E-state index >= 15 is 0 Å². The molecule has 0 saturated heterocycles. The summed E-state index contributed by atoms with van der Waals surface area (Å²) in [4.78, 5) is 9.03. The Kier molecular flexibility index (Phi) is 4.01. The molecule has 7 nitrogen and oxygen atoms in total. The molecule has 25 heavy (non-hydrogen) atoms. The first-order chi connectivity index (χ1) is 12.3. The average Bonchev–Trinajstić information content (AvgIpc) is 3.26. The molecule has 0 aliphatic heterocycles. The van der Waals surface area contributed by atoms with E-state index in [-0.39, 0.29) is 19.0 Å². The summed E-state index contributed by atoms with van der Waals surface area (Å²) in [7, 11) is 0. The molecule has 3 aromatic heterocycles. The second-order valence-corrected chi connectivity index (χ2v) is 5.65. The van der Waals surface area contributed by atoms with Crippen LogP contribution in [0.5, 0.6) is 0 Å². The molecule has 126 valence electrons. The standard InChI is InChI=1S/C18H17N5O2/c24-11-10-23-18(14-12-22-9-5-4-8-15(22)19-14)20-17(21-23)16(25)13-6-2-1-3-7-13/h1-9,12,16,24-25H,10-11H2/t16-/m0/s1. The van der Waals surface area contributed by atoms with Crippen molar-refractivity contribution in [1.29, 1.82) is 0 Å². The normalized spacial score (nSPS) is 12.6. The largest absolute Gasteiger partial charge is 0.394 e. The topological polar surface area (TPSA) is 88.5 Å². The monoisotopic (exact) mass is 335 g/mol. The Morgan fingerprint density at radius 3 is 2.56 bits per heavy atom. The first-order valence-corrected chi connectivity index (χ1v) is 7.99. The van der Waals surface area contributed by atoms with Gasteiger partial charge in [0, 0.05) is 12.4 Å². The molecular weight excluding hydrogens is 318 g/mol. The van der Waals surface area contributed by atoms with Crippen LogP contribution in [0.1, 0.15) is 17.5 Å². The lowest BCUT2D eigenvalue weighted by atomic mass is 10.1. The van der Waals surface area contributed by atoms with Crippen molar-refractivity contribution in [3.05, 3.63) is 72.3 Å². The molecule has 0 amide bonds. The van der Waals surface area contributed by atoms with E-state index in [1.807, 2.05) is 65.3 Å². The molecule has 0 aliphatic carbocycles. The van der Waals surface area contributed by atoms with E-state index in [0.717, 1.165) is 5.65 Å². The number of hydrogen-bond acceptors (Lipinski definition) is 5. The van der Waals surface area contributed by atoms with E-state index in [1.54, 1.807) is 4.68 Å². The second-order valence-electron chi connectivity index (χ2n) is 5.65. The van der Waals surface area contributed by atoms with Gasteiger partial charge in [0.2, 0.25) is 0 Å². The average molecular weight is 335 g/mol. The molecule has 3 heterocycles. The minimum atomic E-state index is -0.933. The molecule has 4 rings (SSSR count). The molecule has 7 heteroatoms. The van der Waals surface area contributed by atoms with Gasteiger partial charge in [-0.1, -0.05) is 36.4 Å². The maximum Gasteiger partial charge on any atom is 0.184 e. The second kappa shape index (κ2) is 6.46. The highest BCUT2D eigenvalue weighted by Crippen LogP contribution is 2.23. The molecule has 0 saturated carbocycles. The van der Waals surface area contributed by atoms with E-state index in [9.17, 15) is 10.2 Å². The van der Waals surface area contributed by atoms with Crippen LogP contribution < -0.4 is 0 Å². The van der Waals surface area contributed by atoms with Gasteiger partial charge in [-0.15, -0.1) is 0 Å². The highest BCUT2D eigenvalue weighted by Gasteiger charge is 2.20. The van der Waals surface area contributed by atoms with Crippen molar-refractivity contribution in [3.8, 4) is 11.5 Å². The Balaban J connectivity index is 1.77. The molecule has 4 aromatic rings. The van der Waals surface area contributed by atoms with Crippen molar-refractivity contribution in [2.24, 2.45) is 0 Å². The number of aliphatic hydroxyl groups is 2. The fraction of sp³-hybridized carbons (Fsp3) is 0.167. The summed E-state index contributed by atoms with van der Waals surface area (Å²) in [6, 6.07) is 15.0. The van der Waals surface area contributed by atoms with Crippen molar-refractivity contribution in [2.75, 3.05) is 6.61 Å². The van der Waals surface area contributed by atoms with E-state index in [2.05, 4.69) is 15.1 Å². The molecule has 0 fully saturated rings. The maximum atomic E-state index is 10.6. The molecule has 1 atom stereocenters. The summed E-state index contributed by atoms with van der Waals surface area (Å²) < 4.78 is 3.46. The zero-order chi connectivity index (χ0) is 17.2. The minimum Gasteiger partial charge on any atom is -0.394 e. The Hall–Kier alpha value is -3.03. The van der Waals surface area contributed by atoms with Crippen molar-refractivity contribution in [2.45, 2.75) is 12.6 Å². The first kappa shape index (κ1) is 15.5. The van der Waals surface area contributed by atoms with Crippen molar-refractivity contribution in [3.63, 3.8) is 0 Å². The SMILES string of the molecule is OCCn1nc([C@@H](O)c2ccccc2)nc1-c1cn2ccccc2n1. The number of hydrogen-bond donors (Lipinski definition) is 2. The van der Waals surface area contributed by atoms with Gasteiger partial charge in [0.1, 0.15) is 17.4 Å². The zero-order valence-corrected chi connectivity index (χ0v) is 13.4. The van der Waals surface area contributed by atoms with E-state index in [4.69, 9.17) is 0 Å². The van der Waals surface area contributed by atoms with Gasteiger partial charge < -0.3 is 14.6 Å². The highest BCUT2D eigenvalue weighted by molar-refractivity contribution is 5.56. The molecular formula is C18H17N5O2. The van der Waals surface area contributed by atoms with Crippen LogP contribution in [0, 0.1) is 0 Å². The minimum absolute atomic E-state index is 0.0788. The van der Waals surface area contributed by atoms with Crippen molar-refractivity contribution >= 4 is 5.65 Å². The number of fused-ring (bicyclic) bond motifs is 1. The van der Waals surface area contributed by atoms with Crippen molar-refractivity contribution in [1.82, 2.24) is 24.1 Å². The predicted molar refractivity (Wildman–Crippen MR) is 91.8 cm³/mol. The highest BCUT2D eigenvalue weighted by atomic mass is 16.3. The smallest absolute Gasteiger partial charge is 0.184 e. The third kappa shape index (κ3) is 2.90. The molecule has 0 spiro atoms. The summed E-state index contributed by atoms with van der Waals surface area (Å²) in [5.41, 5.74) is 2.14. The van der Waals surface area contributed by atoms with Gasteiger partial charge >= 0.3 is 0 Å². The molecule has 0 bridgehead atoms. The summed E-state index contributed by atoms with van der Waals surface area (Å²) >= 11 is 0. The van der Waals surface area contributed by atoms with E-state index in [0.29, 0.717) is 17.1 Å². The number of benzene rings is 1. The van der Waals surface area contributed by atoms with Crippen molar-refractivity contribution < 1.29 is 10.2 Å². The zero-order valence-electron chi connectivity index (χ0n) is 13.4. The Morgan fingerprint density at radius 1 is 1.00 bits per heavy atom. The summed E-state index contributed by atoms with van der Waals surface area (Å²) in [6.45, 7) is 0.197. The fourth-order valence-electron chi connectivity index (χ4n) is 2.74. The van der Waals surface area contributed by atoms with Gasteiger partial charge in [-0.25, -0.2) is 14.6 Å². The lowest BCUT2D eigenvalue weighted by Crippen LogP contribution is -2.07. The van der Waals surface area contributed by atoms with Crippen LogP contribution in [-0.4, -0.2) is 41.0 Å². The maximum absolute atomic E-state index is 10.6. The van der Waals surface area contributed by atoms with Crippen LogP contribution in [0.3, 0.4) is 0 Å². The van der Waals surface area contributed by atoms with Crippen LogP contribution in [0.25, 0.3) is 17.2 Å². The number of rotatable bonds is 5. The molecule has 1 aromatic carbocycles. The lowest BCUT2D eigenvalue weighted by Gasteiger charge is -2.05. The molecule has 0 aliphatic rings. The fourth-order valence-corrected chi connectivity index (χ4v) is 2.74. The first-order valence-electron chi connectivity index (χ1n) is 7.99. The Labute approximate surface area is 143 Å². The third-order valence-electron chi connectivity index (χ3n) is 3.95. The van der Waals surface area contributed by atoms with Gasteiger partial charge in [-0.2, -0.15) is 5.10 Å². The van der Waals surface area contributed by atoms with Gasteiger partial charge in [0.05, 0.1) is 13.2 Å². The quantitative estimate of drug-likeness (QED) is 0.579. The molecule has 2 N–H and O–H groups in total. The van der Waals surface area contributed by atoms with E-state index in [1.165, 1.54) is 0 Å². The van der Waals surface area contributed by atoms with Gasteiger partial charge in [-0.3, -0.25) is 0 Å². The Morgan fingerprint density at radius 2 is 1.80 bits per heavy atom. The van der Waals surface area contributed by atoms with Crippen LogP contribution >= 0.6 is 0 Å². The van der Waals surface area contributed by atoms with E-state index < -0.39 is 6.10 Å². The van der Waals surface area contributed by atoms with Crippen LogP contribution in [0.15, 0.2) is 60.9 Å². The number of imidazole rings is 1. The number of nitrogens with zero attached hydrogens (tertiary/aromatic N) is 5. The van der Waals surface area contributed by atoms with Crippen LogP contribution in [0.2, 0.25) is 0 Å². The molecule has 0 radical (unpaired) electrons. The van der Waals surface area contributed by atoms with Gasteiger partial charge in [-0.05, 0) is 17.7 Å². The number of aliphatic hydroxyl groups excluding tert-OH is 2. The lowest BCUT2D eigenvalue weighted by molar-refractivity contribution is 0.208. The summed E-state index contributed by atoms with van der Waals surface area (Å²) in [6.07, 6.45) is 2.82.